The smallest absolute Gasteiger partial charge is 0.251 e. The third kappa shape index (κ3) is 5.03. The van der Waals surface area contributed by atoms with Crippen LogP contribution in [0.2, 0.25) is 0 Å². The van der Waals surface area contributed by atoms with E-state index in [2.05, 4.69) is 11.4 Å². The molecule has 1 aliphatic carbocycles. The third-order valence-corrected chi connectivity index (χ3v) is 5.85. The number of nitrogens with one attached hydrogen (secondary N) is 1. The number of hydrogen-bond donors (Lipinski definition) is 2. The lowest BCUT2D eigenvalue weighted by Crippen LogP contribution is -2.28. The first-order valence-corrected chi connectivity index (χ1v) is 11.1. The van der Waals surface area contributed by atoms with Crippen LogP contribution in [0.25, 0.3) is 11.1 Å². The molecule has 0 fully saturated rings. The first-order chi connectivity index (χ1) is 17.1. The van der Waals surface area contributed by atoms with Crippen LogP contribution in [-0.2, 0) is 4.74 Å². The van der Waals surface area contributed by atoms with Crippen molar-refractivity contribution in [3.05, 3.63) is 88.0 Å². The monoisotopic (exact) mass is 472 g/mol. The zero-order valence-electron chi connectivity index (χ0n) is 18.9. The lowest BCUT2D eigenvalue weighted by Gasteiger charge is -2.11. The van der Waals surface area contributed by atoms with Gasteiger partial charge in [-0.15, -0.1) is 0 Å². The standard InChI is InChI=1S/C27H24N2O6/c28-26-23-4-2-1-3-21(23)22-6-5-20(13-24(22)26)35-10-9-34-8-7-29-27(33)17-11-18(14-30)25(16-32)19(12-17)15-31/h1-6,11-16,26H,7-10,28H2,(H,29,33). The number of aldehydes is 3. The normalized spacial score (nSPS) is 13.5. The number of benzene rings is 3. The lowest BCUT2D eigenvalue weighted by molar-refractivity contribution is 0.0866. The van der Waals surface area contributed by atoms with Crippen molar-refractivity contribution in [2.24, 2.45) is 5.73 Å². The zero-order valence-corrected chi connectivity index (χ0v) is 18.9. The van der Waals surface area contributed by atoms with E-state index in [0.29, 0.717) is 37.8 Å². The number of nitrogens with two attached hydrogens (primary N) is 1. The molecule has 0 aliphatic heterocycles. The first kappa shape index (κ1) is 24.0. The summed E-state index contributed by atoms with van der Waals surface area (Å²) in [7, 11) is 0. The second-order valence-corrected chi connectivity index (χ2v) is 7.95. The van der Waals surface area contributed by atoms with Crippen molar-refractivity contribution >= 4 is 24.8 Å². The minimum Gasteiger partial charge on any atom is -0.491 e. The van der Waals surface area contributed by atoms with Gasteiger partial charge in [0.1, 0.15) is 12.4 Å². The SMILES string of the molecule is NC1c2ccccc2-c2ccc(OCCOCCNC(=O)c3cc(C=O)c(C=O)c(C=O)c3)cc21. The van der Waals surface area contributed by atoms with Crippen LogP contribution in [-0.4, -0.2) is 51.1 Å². The van der Waals surface area contributed by atoms with Crippen LogP contribution in [0, 0.1) is 0 Å². The van der Waals surface area contributed by atoms with Gasteiger partial charge in [-0.2, -0.15) is 0 Å². The lowest BCUT2D eigenvalue weighted by atomic mass is 9.99. The Morgan fingerprint density at radius 2 is 1.57 bits per heavy atom. The van der Waals surface area contributed by atoms with Crippen molar-refractivity contribution in [2.75, 3.05) is 26.4 Å². The van der Waals surface area contributed by atoms with Gasteiger partial charge in [0.2, 0.25) is 0 Å². The van der Waals surface area contributed by atoms with Crippen molar-refractivity contribution < 1.29 is 28.7 Å². The van der Waals surface area contributed by atoms with Gasteiger partial charge in [-0.3, -0.25) is 19.2 Å². The Hall–Kier alpha value is -4.14. The summed E-state index contributed by atoms with van der Waals surface area (Å²) < 4.78 is 11.3. The van der Waals surface area contributed by atoms with Gasteiger partial charge in [-0.05, 0) is 46.5 Å². The van der Waals surface area contributed by atoms with E-state index in [-0.39, 0.29) is 41.4 Å². The van der Waals surface area contributed by atoms with Crippen molar-refractivity contribution in [3.63, 3.8) is 0 Å². The maximum absolute atomic E-state index is 12.3. The molecule has 3 aromatic rings. The van der Waals surface area contributed by atoms with Crippen LogP contribution in [0.1, 0.15) is 58.6 Å². The van der Waals surface area contributed by atoms with Crippen molar-refractivity contribution in [3.8, 4) is 16.9 Å². The fraction of sp³-hybridized carbons (Fsp3) is 0.185. The molecule has 3 N–H and O–H groups in total. The molecule has 0 saturated heterocycles. The number of rotatable bonds is 11. The predicted molar refractivity (Wildman–Crippen MR) is 129 cm³/mol. The molecule has 0 spiro atoms. The summed E-state index contributed by atoms with van der Waals surface area (Å²) in [5.41, 5.74) is 10.8. The van der Waals surface area contributed by atoms with E-state index in [0.717, 1.165) is 22.3 Å². The van der Waals surface area contributed by atoms with Crippen molar-refractivity contribution in [1.82, 2.24) is 5.32 Å². The number of ether oxygens (including phenoxy) is 2. The molecule has 8 heteroatoms. The molecule has 0 radical (unpaired) electrons. The van der Waals surface area contributed by atoms with E-state index < -0.39 is 5.91 Å². The maximum Gasteiger partial charge on any atom is 0.251 e. The second-order valence-electron chi connectivity index (χ2n) is 7.95. The van der Waals surface area contributed by atoms with Crippen LogP contribution in [0.3, 0.4) is 0 Å². The summed E-state index contributed by atoms with van der Waals surface area (Å²) in [6.07, 6.45) is 1.29. The molecule has 1 unspecified atom stereocenters. The first-order valence-electron chi connectivity index (χ1n) is 11.1. The van der Waals surface area contributed by atoms with Gasteiger partial charge < -0.3 is 20.5 Å². The van der Waals surface area contributed by atoms with Gasteiger partial charge in [-0.25, -0.2) is 0 Å². The quantitative estimate of drug-likeness (QED) is 0.325. The van der Waals surface area contributed by atoms with Gasteiger partial charge in [0.25, 0.3) is 5.91 Å². The molecule has 0 saturated carbocycles. The van der Waals surface area contributed by atoms with Crippen LogP contribution in [0.15, 0.2) is 54.6 Å². The molecular weight excluding hydrogens is 448 g/mol. The molecular formula is C27H24N2O6. The Balaban J connectivity index is 1.21. The number of carbonyl (C=O) groups excluding carboxylic acids is 4. The average Bonchev–Trinajstić information content (AvgIpc) is 3.18. The van der Waals surface area contributed by atoms with Gasteiger partial charge in [0, 0.05) is 28.8 Å². The predicted octanol–water partition coefficient (Wildman–Crippen LogP) is 2.98. The summed E-state index contributed by atoms with van der Waals surface area (Å²) in [5, 5.41) is 2.65. The van der Waals surface area contributed by atoms with Gasteiger partial charge in [0.05, 0.1) is 19.3 Å². The molecule has 0 bridgehead atoms. The van der Waals surface area contributed by atoms with Gasteiger partial charge >= 0.3 is 0 Å². The van der Waals surface area contributed by atoms with Crippen molar-refractivity contribution in [2.45, 2.75) is 6.04 Å². The highest BCUT2D eigenvalue weighted by molar-refractivity contribution is 6.03. The topological polar surface area (TPSA) is 125 Å². The highest BCUT2D eigenvalue weighted by Crippen LogP contribution is 2.43. The van der Waals surface area contributed by atoms with E-state index in [4.69, 9.17) is 15.2 Å². The molecule has 0 aromatic heterocycles. The van der Waals surface area contributed by atoms with Crippen LogP contribution in [0.4, 0.5) is 0 Å². The van der Waals surface area contributed by atoms with Crippen LogP contribution in [0.5, 0.6) is 5.75 Å². The summed E-state index contributed by atoms with van der Waals surface area (Å²) in [5.74, 6) is 0.226. The van der Waals surface area contributed by atoms with E-state index in [1.165, 1.54) is 12.1 Å². The molecule has 0 heterocycles. The fourth-order valence-corrected chi connectivity index (χ4v) is 4.13. The Bertz CT molecular complexity index is 1260. The minimum absolute atomic E-state index is 0.0143. The molecule has 1 amide bonds. The summed E-state index contributed by atoms with van der Waals surface area (Å²) in [6, 6.07) is 16.3. The molecule has 4 rings (SSSR count). The van der Waals surface area contributed by atoms with E-state index in [1.54, 1.807) is 0 Å². The zero-order chi connectivity index (χ0) is 24.8. The van der Waals surface area contributed by atoms with E-state index in [9.17, 15) is 19.2 Å². The molecule has 35 heavy (non-hydrogen) atoms. The van der Waals surface area contributed by atoms with Gasteiger partial charge in [0.15, 0.2) is 18.9 Å². The largest absolute Gasteiger partial charge is 0.491 e. The molecule has 8 nitrogen and oxygen atoms in total. The van der Waals surface area contributed by atoms with E-state index >= 15 is 0 Å². The fourth-order valence-electron chi connectivity index (χ4n) is 4.13. The number of fused-ring (bicyclic) bond motifs is 3. The second kappa shape index (κ2) is 10.9. The Labute approximate surface area is 202 Å². The van der Waals surface area contributed by atoms with Gasteiger partial charge in [-0.1, -0.05) is 30.3 Å². The number of carbonyl (C=O) groups is 4. The van der Waals surface area contributed by atoms with Crippen LogP contribution >= 0.6 is 0 Å². The molecule has 1 atom stereocenters. The highest BCUT2D eigenvalue weighted by Gasteiger charge is 2.25. The number of amides is 1. The Morgan fingerprint density at radius 1 is 0.857 bits per heavy atom. The Kier molecular flexibility index (Phi) is 7.45. The van der Waals surface area contributed by atoms with Crippen molar-refractivity contribution in [1.29, 1.82) is 0 Å². The third-order valence-electron chi connectivity index (χ3n) is 5.85. The number of hydrogen-bond acceptors (Lipinski definition) is 7. The van der Waals surface area contributed by atoms with E-state index in [1.807, 2.05) is 36.4 Å². The molecule has 1 aliphatic rings. The van der Waals surface area contributed by atoms with Crippen LogP contribution < -0.4 is 15.8 Å². The minimum atomic E-state index is -0.482. The summed E-state index contributed by atoms with van der Waals surface area (Å²) in [4.78, 5) is 45.8. The maximum atomic E-state index is 12.3. The molecule has 178 valence electrons. The summed E-state index contributed by atoms with van der Waals surface area (Å²) >= 11 is 0. The average molecular weight is 472 g/mol. The Morgan fingerprint density at radius 3 is 2.29 bits per heavy atom. The highest BCUT2D eigenvalue weighted by atomic mass is 16.5. The molecule has 3 aromatic carbocycles. The summed E-state index contributed by atoms with van der Waals surface area (Å²) in [6.45, 7) is 1.10.